The van der Waals surface area contributed by atoms with Crippen LogP contribution in [0.5, 0.6) is 0 Å². The number of benzene rings is 4. The molecule has 0 aromatic heterocycles. The molecule has 0 radical (unpaired) electrons. The van der Waals surface area contributed by atoms with Crippen molar-refractivity contribution in [3.8, 4) is 0 Å². The number of guanidine groups is 1. The monoisotopic (exact) mass is 776 g/mol. The minimum atomic E-state index is -5.08. The number of ether oxygens (including phenoxy) is 1. The number of carboxylic acid groups (broad SMARTS) is 1. The molecule has 5 rings (SSSR count). The van der Waals surface area contributed by atoms with E-state index in [1.807, 2.05) is 77.7 Å². The predicted octanol–water partition coefficient (Wildman–Crippen LogP) is 4.49. The van der Waals surface area contributed by atoms with Gasteiger partial charge in [0.1, 0.15) is 12.1 Å². The van der Waals surface area contributed by atoms with Gasteiger partial charge in [-0.2, -0.15) is 13.2 Å². The molecule has 298 valence electrons. The van der Waals surface area contributed by atoms with Gasteiger partial charge in [-0.05, 0) is 52.8 Å². The lowest BCUT2D eigenvalue weighted by Crippen LogP contribution is -2.56. The molecule has 1 saturated heterocycles. The number of carbonyl (C=O) groups excluding carboxylic acids is 3. The van der Waals surface area contributed by atoms with Crippen LogP contribution in [-0.4, -0.2) is 83.2 Å². The summed E-state index contributed by atoms with van der Waals surface area (Å²) in [6.45, 7) is 2.64. The van der Waals surface area contributed by atoms with E-state index in [9.17, 15) is 27.6 Å². The first-order valence-corrected chi connectivity index (χ1v) is 18.1. The van der Waals surface area contributed by atoms with Gasteiger partial charge in [0.05, 0.1) is 12.7 Å². The van der Waals surface area contributed by atoms with Crippen molar-refractivity contribution >= 4 is 40.4 Å². The smallest absolute Gasteiger partial charge is 0.475 e. The number of carboxylic acids is 1. The number of fused-ring (bicyclic) bond motifs is 1. The molecule has 7 N–H and O–H groups in total. The third kappa shape index (κ3) is 13.7. The summed E-state index contributed by atoms with van der Waals surface area (Å²) in [6, 6.07) is 31.8. The summed E-state index contributed by atoms with van der Waals surface area (Å²) in [6.07, 6.45) is -2.69. The van der Waals surface area contributed by atoms with E-state index in [0.717, 1.165) is 22.1 Å². The van der Waals surface area contributed by atoms with Crippen LogP contribution in [0, 0.1) is 0 Å². The Hall–Kier alpha value is -5.96. The van der Waals surface area contributed by atoms with E-state index in [2.05, 4.69) is 46.0 Å². The van der Waals surface area contributed by atoms with Crippen molar-refractivity contribution in [2.24, 2.45) is 16.5 Å². The van der Waals surface area contributed by atoms with Crippen molar-refractivity contribution in [3.63, 3.8) is 0 Å². The molecule has 0 spiro atoms. The van der Waals surface area contributed by atoms with Gasteiger partial charge < -0.3 is 36.8 Å². The largest absolute Gasteiger partial charge is 0.490 e. The number of nitrogens with zero attached hydrogens (tertiary/aromatic N) is 2. The first kappa shape index (κ1) is 42.8. The fourth-order valence-corrected chi connectivity index (χ4v) is 6.44. The summed E-state index contributed by atoms with van der Waals surface area (Å²) < 4.78 is 38.2. The Bertz CT molecular complexity index is 1940. The Morgan fingerprint density at radius 3 is 1.98 bits per heavy atom. The van der Waals surface area contributed by atoms with E-state index < -0.39 is 30.1 Å². The van der Waals surface area contributed by atoms with Gasteiger partial charge >= 0.3 is 12.1 Å². The molecule has 15 heteroatoms. The molecule has 12 nitrogen and oxygen atoms in total. The second-order valence-corrected chi connectivity index (χ2v) is 13.4. The zero-order valence-electron chi connectivity index (χ0n) is 31.0. The van der Waals surface area contributed by atoms with Crippen LogP contribution >= 0.6 is 0 Å². The Balaban J connectivity index is 0.000000908. The number of likely N-dealkylation sites (tertiary alicyclic amines) is 1. The number of rotatable bonds is 15. The lowest BCUT2D eigenvalue weighted by molar-refractivity contribution is -0.192. The molecule has 4 aromatic rings. The molecule has 0 bridgehead atoms. The van der Waals surface area contributed by atoms with Crippen LogP contribution in [-0.2, 0) is 43.4 Å². The van der Waals surface area contributed by atoms with Crippen LogP contribution in [0.15, 0.2) is 108 Å². The highest BCUT2D eigenvalue weighted by molar-refractivity contribution is 5.92. The minimum absolute atomic E-state index is 0.0332. The number of alkyl halides is 3. The molecule has 3 amide bonds. The normalized spacial score (nSPS) is 16.2. The average Bonchev–Trinajstić information content (AvgIpc) is 3.58. The van der Waals surface area contributed by atoms with Gasteiger partial charge in [-0.3, -0.25) is 19.4 Å². The van der Waals surface area contributed by atoms with E-state index in [4.69, 9.17) is 26.1 Å². The molecular weight excluding hydrogens is 729 g/mol. The van der Waals surface area contributed by atoms with Crippen LogP contribution < -0.4 is 22.1 Å². The summed E-state index contributed by atoms with van der Waals surface area (Å²) in [5.74, 6) is -3.66. The SMILES string of the molecule is CC(=O)N[C@H](Cc1ccccc1)C(=O)N[C@H](Cc1ccccc1)C(=O)N1C[C@H](OCc2ccc3ccccc3c2)C[C@@H]1CCCN=C(N)N.O=C(O)C(F)(F)F. The van der Waals surface area contributed by atoms with Crippen molar-refractivity contribution < 1.29 is 42.2 Å². The second kappa shape index (κ2) is 20.6. The Morgan fingerprint density at radius 2 is 1.41 bits per heavy atom. The van der Waals surface area contributed by atoms with Crippen LogP contribution in [0.3, 0.4) is 0 Å². The van der Waals surface area contributed by atoms with Crippen LogP contribution in [0.2, 0.25) is 0 Å². The third-order valence-corrected chi connectivity index (χ3v) is 9.06. The van der Waals surface area contributed by atoms with Crippen molar-refractivity contribution in [1.82, 2.24) is 15.5 Å². The van der Waals surface area contributed by atoms with Crippen molar-refractivity contribution in [2.75, 3.05) is 13.1 Å². The van der Waals surface area contributed by atoms with Gasteiger partial charge in [-0.1, -0.05) is 97.1 Å². The van der Waals surface area contributed by atoms with Crippen molar-refractivity contribution in [3.05, 3.63) is 120 Å². The number of aliphatic carboxylic acids is 1. The van der Waals surface area contributed by atoms with E-state index in [0.29, 0.717) is 51.8 Å². The Kier molecular flexibility index (Phi) is 15.8. The number of hydrogen-bond donors (Lipinski definition) is 5. The summed E-state index contributed by atoms with van der Waals surface area (Å²) in [5.41, 5.74) is 14.0. The predicted molar refractivity (Wildman–Crippen MR) is 206 cm³/mol. The topological polar surface area (TPSA) is 189 Å². The summed E-state index contributed by atoms with van der Waals surface area (Å²) in [5, 5.41) is 15.2. The first-order valence-electron chi connectivity index (χ1n) is 18.1. The van der Waals surface area contributed by atoms with Crippen LogP contribution in [0.1, 0.15) is 42.9 Å². The molecule has 0 unspecified atom stereocenters. The number of hydrogen-bond acceptors (Lipinski definition) is 6. The zero-order valence-corrected chi connectivity index (χ0v) is 31.0. The number of amides is 3. The highest BCUT2D eigenvalue weighted by Gasteiger charge is 2.40. The van der Waals surface area contributed by atoms with Crippen LogP contribution in [0.25, 0.3) is 10.8 Å². The number of halogens is 3. The molecule has 56 heavy (non-hydrogen) atoms. The van der Waals surface area contributed by atoms with E-state index >= 15 is 0 Å². The second-order valence-electron chi connectivity index (χ2n) is 13.4. The van der Waals surface area contributed by atoms with E-state index in [-0.39, 0.29) is 29.9 Å². The Morgan fingerprint density at radius 1 is 0.839 bits per heavy atom. The third-order valence-electron chi connectivity index (χ3n) is 9.06. The summed E-state index contributed by atoms with van der Waals surface area (Å²) >= 11 is 0. The van der Waals surface area contributed by atoms with Gasteiger partial charge in [0.25, 0.3) is 0 Å². The molecule has 4 aromatic carbocycles. The number of aliphatic imine (C=N–C) groups is 1. The average molecular weight is 777 g/mol. The van der Waals surface area contributed by atoms with Crippen molar-refractivity contribution in [1.29, 1.82) is 0 Å². The fraction of sp³-hybridized carbons (Fsp3) is 0.341. The molecule has 0 saturated carbocycles. The summed E-state index contributed by atoms with van der Waals surface area (Å²) in [7, 11) is 0. The van der Waals surface area contributed by atoms with Crippen molar-refractivity contribution in [2.45, 2.75) is 76.0 Å². The van der Waals surface area contributed by atoms with Gasteiger partial charge in [-0.15, -0.1) is 0 Å². The molecule has 1 aliphatic heterocycles. The highest BCUT2D eigenvalue weighted by atomic mass is 19.4. The first-order chi connectivity index (χ1) is 26.7. The molecule has 1 fully saturated rings. The van der Waals surface area contributed by atoms with Gasteiger partial charge in [0.15, 0.2) is 5.96 Å². The summed E-state index contributed by atoms with van der Waals surface area (Å²) in [4.78, 5) is 55.3. The Labute approximate surface area is 323 Å². The maximum Gasteiger partial charge on any atom is 0.490 e. The minimum Gasteiger partial charge on any atom is -0.475 e. The van der Waals surface area contributed by atoms with E-state index in [1.54, 1.807) is 0 Å². The van der Waals surface area contributed by atoms with Gasteiger partial charge in [0, 0.05) is 38.9 Å². The zero-order chi connectivity index (χ0) is 40.7. The molecule has 1 heterocycles. The van der Waals surface area contributed by atoms with Gasteiger partial charge in [0.2, 0.25) is 17.7 Å². The number of carbonyl (C=O) groups is 4. The molecule has 0 aliphatic carbocycles. The molecule has 4 atom stereocenters. The lowest BCUT2D eigenvalue weighted by Gasteiger charge is -2.30. The van der Waals surface area contributed by atoms with E-state index in [1.165, 1.54) is 12.3 Å². The standard InChI is InChI=1S/C39H46N6O4.C2HF3O2/c1-27(46)43-35(22-28-11-4-2-5-12-28)37(47)44-36(23-29-13-6-3-7-14-29)38(48)45-25-34(24-33(45)17-10-20-42-39(40)41)49-26-30-18-19-31-15-8-9-16-32(31)21-30;3-2(4,5)1(6)7/h2-9,11-16,18-19,21,33-36H,10,17,20,22-26H2,1H3,(H,43,46)(H,44,47)(H4,40,41,42);(H,6,7)/t33-,34+,35+,36+;/m0./s1. The maximum absolute atomic E-state index is 14.5. The molecular formula is C41H47F3N6O6. The maximum atomic E-state index is 14.5. The highest BCUT2D eigenvalue weighted by Crippen LogP contribution is 2.27. The van der Waals surface area contributed by atoms with Crippen LogP contribution in [0.4, 0.5) is 13.2 Å². The quantitative estimate of drug-likeness (QED) is 0.0664. The fourth-order valence-electron chi connectivity index (χ4n) is 6.44. The van der Waals surface area contributed by atoms with Gasteiger partial charge in [-0.25, -0.2) is 4.79 Å². The number of nitrogens with one attached hydrogen (secondary N) is 2. The molecule has 1 aliphatic rings. The lowest BCUT2D eigenvalue weighted by atomic mass is 10.0. The number of nitrogens with two attached hydrogens (primary N) is 2.